The summed E-state index contributed by atoms with van der Waals surface area (Å²) in [4.78, 5) is 43.4. The third kappa shape index (κ3) is 5.10. The molecule has 1 unspecified atom stereocenters. The lowest BCUT2D eigenvalue weighted by Gasteiger charge is -2.24. The van der Waals surface area contributed by atoms with Crippen LogP contribution in [0.15, 0.2) is 86.1 Å². The standard InChI is InChI=1S/C29H23ClN2O6S/c1-4-37-28(35)24-16(2)31-29-32(25(24)18-9-11-20(30)12-10-18)26(33)23(39-29)15-21-13-14-22(38-21)17-5-7-19(8-6-17)27(34)36-3/h5-15,25H,4H2,1-3H3/b23-15-. The van der Waals surface area contributed by atoms with Crippen LogP contribution in [0.4, 0.5) is 0 Å². The van der Waals surface area contributed by atoms with Crippen molar-refractivity contribution in [3.8, 4) is 11.3 Å². The lowest BCUT2D eigenvalue weighted by molar-refractivity contribution is -0.139. The largest absolute Gasteiger partial charge is 0.465 e. The quantitative estimate of drug-likeness (QED) is 0.321. The highest BCUT2D eigenvalue weighted by Gasteiger charge is 2.33. The Labute approximate surface area is 232 Å². The van der Waals surface area contributed by atoms with Gasteiger partial charge in [-0.05, 0) is 55.8 Å². The topological polar surface area (TPSA) is 100 Å². The number of methoxy groups -OCH3 is 1. The van der Waals surface area contributed by atoms with Crippen LogP contribution < -0.4 is 14.9 Å². The maximum atomic E-state index is 13.7. The molecule has 0 spiro atoms. The third-order valence-electron chi connectivity index (χ3n) is 6.19. The molecule has 0 saturated carbocycles. The molecule has 0 amide bonds. The number of aromatic nitrogens is 1. The molecule has 2 aromatic carbocycles. The van der Waals surface area contributed by atoms with Crippen molar-refractivity contribution in [3.05, 3.63) is 114 Å². The van der Waals surface area contributed by atoms with Crippen LogP contribution in [-0.4, -0.2) is 30.2 Å². The number of carbonyl (C=O) groups excluding carboxylic acids is 2. The maximum absolute atomic E-state index is 13.7. The van der Waals surface area contributed by atoms with E-state index in [0.29, 0.717) is 48.3 Å². The van der Waals surface area contributed by atoms with Gasteiger partial charge >= 0.3 is 11.9 Å². The van der Waals surface area contributed by atoms with E-state index >= 15 is 0 Å². The second-order valence-electron chi connectivity index (χ2n) is 8.62. The van der Waals surface area contributed by atoms with Crippen molar-refractivity contribution < 1.29 is 23.5 Å². The molecule has 8 nitrogen and oxygen atoms in total. The number of furan rings is 1. The molecule has 3 heterocycles. The van der Waals surface area contributed by atoms with Gasteiger partial charge in [0.05, 0.1) is 41.1 Å². The van der Waals surface area contributed by atoms with Gasteiger partial charge in [-0.1, -0.05) is 47.2 Å². The third-order valence-corrected chi connectivity index (χ3v) is 7.43. The summed E-state index contributed by atoms with van der Waals surface area (Å²) in [5, 5.41) is 0.540. The van der Waals surface area contributed by atoms with Gasteiger partial charge in [0.15, 0.2) is 4.80 Å². The van der Waals surface area contributed by atoms with Crippen LogP contribution in [0, 0.1) is 0 Å². The van der Waals surface area contributed by atoms with E-state index in [-0.39, 0.29) is 12.2 Å². The van der Waals surface area contributed by atoms with Crippen molar-refractivity contribution in [1.82, 2.24) is 4.57 Å². The number of fused-ring (bicyclic) bond motifs is 1. The minimum atomic E-state index is -0.722. The first-order valence-corrected chi connectivity index (χ1v) is 13.2. The SMILES string of the molecule is CCOC(=O)C1=C(C)N=c2s/c(=C\c3ccc(-c4ccc(C(=O)OC)cc4)o3)c(=O)n2C1c1ccc(Cl)cc1. The summed E-state index contributed by atoms with van der Waals surface area (Å²) < 4.78 is 17.9. The normalized spacial score (nSPS) is 15.1. The molecule has 0 bridgehead atoms. The minimum absolute atomic E-state index is 0.194. The molecule has 1 aliphatic heterocycles. The monoisotopic (exact) mass is 562 g/mol. The molecule has 1 atom stereocenters. The number of hydrogen-bond donors (Lipinski definition) is 0. The number of hydrogen-bond acceptors (Lipinski definition) is 8. The van der Waals surface area contributed by atoms with Gasteiger partial charge in [0.25, 0.3) is 5.56 Å². The van der Waals surface area contributed by atoms with E-state index in [1.807, 2.05) is 0 Å². The van der Waals surface area contributed by atoms with Gasteiger partial charge in [-0.3, -0.25) is 9.36 Å². The Morgan fingerprint density at radius 1 is 1.08 bits per heavy atom. The van der Waals surface area contributed by atoms with Gasteiger partial charge in [-0.25, -0.2) is 14.6 Å². The molecule has 4 aromatic rings. The highest BCUT2D eigenvalue weighted by atomic mass is 35.5. The lowest BCUT2D eigenvalue weighted by Crippen LogP contribution is -2.39. The molecule has 0 saturated heterocycles. The first-order chi connectivity index (χ1) is 18.8. The van der Waals surface area contributed by atoms with Gasteiger partial charge in [0, 0.05) is 16.7 Å². The van der Waals surface area contributed by atoms with Crippen molar-refractivity contribution in [2.75, 3.05) is 13.7 Å². The van der Waals surface area contributed by atoms with Crippen LogP contribution in [0.2, 0.25) is 5.02 Å². The van der Waals surface area contributed by atoms with Gasteiger partial charge < -0.3 is 13.9 Å². The molecule has 0 aliphatic carbocycles. The minimum Gasteiger partial charge on any atom is -0.465 e. The number of rotatable bonds is 6. The summed E-state index contributed by atoms with van der Waals surface area (Å²) in [6.45, 7) is 3.65. The molecule has 2 aromatic heterocycles. The Hall–Kier alpha value is -4.21. The molecular formula is C29H23ClN2O6S. The predicted octanol–water partition coefficient (Wildman–Crippen LogP) is 4.50. The highest BCUT2D eigenvalue weighted by Crippen LogP contribution is 2.31. The fourth-order valence-corrected chi connectivity index (χ4v) is 5.51. The summed E-state index contributed by atoms with van der Waals surface area (Å²) in [6, 6.07) is 16.6. The Bertz CT molecular complexity index is 1780. The summed E-state index contributed by atoms with van der Waals surface area (Å²) in [6.07, 6.45) is 1.65. The zero-order valence-electron chi connectivity index (χ0n) is 21.3. The van der Waals surface area contributed by atoms with Crippen molar-refractivity contribution in [1.29, 1.82) is 0 Å². The number of halogens is 1. The van der Waals surface area contributed by atoms with Crippen LogP contribution in [0.25, 0.3) is 17.4 Å². The van der Waals surface area contributed by atoms with E-state index in [2.05, 4.69) is 4.99 Å². The summed E-state index contributed by atoms with van der Waals surface area (Å²) in [7, 11) is 1.33. The highest BCUT2D eigenvalue weighted by molar-refractivity contribution is 7.07. The molecular weight excluding hydrogens is 540 g/mol. The van der Waals surface area contributed by atoms with Crippen molar-refractivity contribution in [2.45, 2.75) is 19.9 Å². The molecule has 0 fully saturated rings. The Morgan fingerprint density at radius 2 is 1.79 bits per heavy atom. The number of esters is 2. The van der Waals surface area contributed by atoms with Gasteiger partial charge in [0.1, 0.15) is 11.5 Å². The average Bonchev–Trinajstić information content (AvgIpc) is 3.52. The lowest BCUT2D eigenvalue weighted by atomic mass is 9.96. The van der Waals surface area contributed by atoms with Gasteiger partial charge in [-0.2, -0.15) is 0 Å². The first-order valence-electron chi connectivity index (χ1n) is 12.0. The van der Waals surface area contributed by atoms with E-state index in [0.717, 1.165) is 5.56 Å². The summed E-state index contributed by atoms with van der Waals surface area (Å²) in [5.41, 5.74) is 2.38. The fourth-order valence-electron chi connectivity index (χ4n) is 4.36. The predicted molar refractivity (Wildman–Crippen MR) is 147 cm³/mol. The second kappa shape index (κ2) is 10.9. The van der Waals surface area contributed by atoms with E-state index in [1.54, 1.807) is 80.6 Å². The van der Waals surface area contributed by atoms with Crippen LogP contribution in [0.3, 0.4) is 0 Å². The molecule has 5 rings (SSSR count). The van der Waals surface area contributed by atoms with Crippen LogP contribution in [0.5, 0.6) is 0 Å². The Balaban J connectivity index is 1.57. The van der Waals surface area contributed by atoms with E-state index in [1.165, 1.54) is 23.0 Å². The summed E-state index contributed by atoms with van der Waals surface area (Å²) >= 11 is 7.31. The molecule has 39 heavy (non-hydrogen) atoms. The van der Waals surface area contributed by atoms with Gasteiger partial charge in [0.2, 0.25) is 0 Å². The number of thiazole rings is 1. The molecule has 198 valence electrons. The number of allylic oxidation sites excluding steroid dienone is 1. The number of carbonyl (C=O) groups is 2. The molecule has 10 heteroatoms. The van der Waals surface area contributed by atoms with E-state index in [9.17, 15) is 14.4 Å². The zero-order valence-corrected chi connectivity index (χ0v) is 22.8. The molecule has 0 N–H and O–H groups in total. The first kappa shape index (κ1) is 26.4. The Kier molecular flexibility index (Phi) is 7.36. The van der Waals surface area contributed by atoms with Gasteiger partial charge in [-0.15, -0.1) is 0 Å². The number of ether oxygens (including phenoxy) is 2. The van der Waals surface area contributed by atoms with Crippen LogP contribution >= 0.6 is 22.9 Å². The Morgan fingerprint density at radius 3 is 2.46 bits per heavy atom. The number of nitrogens with zero attached hydrogens (tertiary/aromatic N) is 2. The average molecular weight is 563 g/mol. The maximum Gasteiger partial charge on any atom is 0.338 e. The van der Waals surface area contributed by atoms with Crippen molar-refractivity contribution in [2.24, 2.45) is 4.99 Å². The second-order valence-corrected chi connectivity index (χ2v) is 10.1. The van der Waals surface area contributed by atoms with Crippen LogP contribution in [-0.2, 0) is 14.3 Å². The fraction of sp³-hybridized carbons (Fsp3) is 0.172. The summed E-state index contributed by atoms with van der Waals surface area (Å²) in [5.74, 6) is 0.0961. The molecule has 0 radical (unpaired) electrons. The molecule has 1 aliphatic rings. The smallest absolute Gasteiger partial charge is 0.338 e. The van der Waals surface area contributed by atoms with Crippen molar-refractivity contribution in [3.63, 3.8) is 0 Å². The van der Waals surface area contributed by atoms with Crippen LogP contribution in [0.1, 0.15) is 41.6 Å². The van der Waals surface area contributed by atoms with E-state index in [4.69, 9.17) is 25.5 Å². The van der Waals surface area contributed by atoms with Crippen molar-refractivity contribution >= 4 is 41.0 Å². The van der Waals surface area contributed by atoms with E-state index < -0.39 is 18.0 Å². The number of benzene rings is 2. The zero-order chi connectivity index (χ0) is 27.7.